The summed E-state index contributed by atoms with van der Waals surface area (Å²) in [5, 5.41) is 0. The van der Waals surface area contributed by atoms with Crippen LogP contribution < -0.4 is 4.74 Å². The summed E-state index contributed by atoms with van der Waals surface area (Å²) in [7, 11) is 0. The van der Waals surface area contributed by atoms with Gasteiger partial charge in [0.1, 0.15) is 5.75 Å². The molecule has 0 aliphatic heterocycles. The van der Waals surface area contributed by atoms with E-state index >= 15 is 0 Å². The third-order valence-corrected chi connectivity index (χ3v) is 3.18. The molecule has 0 N–H and O–H groups in total. The van der Waals surface area contributed by atoms with Gasteiger partial charge in [-0.05, 0) is 25.1 Å². The van der Waals surface area contributed by atoms with E-state index in [0.717, 1.165) is 23.3 Å². The van der Waals surface area contributed by atoms with E-state index in [1.54, 1.807) is 12.2 Å². The first-order valence-electron chi connectivity index (χ1n) is 7.30. The molecule has 2 aromatic rings. The average Bonchev–Trinajstić information content (AvgIpc) is 2.54. The summed E-state index contributed by atoms with van der Waals surface area (Å²) in [6.07, 6.45) is 4.20. The molecule has 2 rings (SSSR count). The Hall–Kier alpha value is -2.61. The molecule has 0 aliphatic carbocycles. The Bertz CT molecular complexity index is 669. The molecule has 22 heavy (non-hydrogen) atoms. The highest BCUT2D eigenvalue weighted by Crippen LogP contribution is 2.20. The summed E-state index contributed by atoms with van der Waals surface area (Å²) < 4.78 is 5.76. The Balaban J connectivity index is 2.07. The number of benzene rings is 2. The van der Waals surface area contributed by atoms with Crippen molar-refractivity contribution in [1.29, 1.82) is 0 Å². The SMILES string of the molecule is C=C(C)CCOc1ccccc1C=CC(=O)c1ccccc1. The van der Waals surface area contributed by atoms with E-state index in [2.05, 4.69) is 6.58 Å². The lowest BCUT2D eigenvalue weighted by molar-refractivity contribution is 0.104. The maximum atomic E-state index is 12.1. The van der Waals surface area contributed by atoms with Crippen LogP contribution in [0.15, 0.2) is 72.8 Å². The zero-order valence-corrected chi connectivity index (χ0v) is 12.8. The van der Waals surface area contributed by atoms with E-state index in [-0.39, 0.29) is 5.78 Å². The standard InChI is InChI=1S/C20H20O2/c1-16(2)14-15-22-20-11-7-6-10-18(20)12-13-19(21)17-8-4-3-5-9-17/h3-13H,1,14-15H2,2H3. The molecular weight excluding hydrogens is 272 g/mol. The number of allylic oxidation sites excluding steroid dienone is 1. The van der Waals surface area contributed by atoms with Crippen molar-refractivity contribution < 1.29 is 9.53 Å². The fourth-order valence-electron chi connectivity index (χ4n) is 1.95. The molecule has 0 unspecified atom stereocenters. The highest BCUT2D eigenvalue weighted by molar-refractivity contribution is 6.06. The quantitative estimate of drug-likeness (QED) is 0.411. The maximum Gasteiger partial charge on any atom is 0.185 e. The van der Waals surface area contributed by atoms with Crippen LogP contribution in [0.1, 0.15) is 29.3 Å². The Morgan fingerprint density at radius 1 is 1.09 bits per heavy atom. The Kier molecular flexibility index (Phi) is 5.73. The number of carbonyl (C=O) groups is 1. The summed E-state index contributed by atoms with van der Waals surface area (Å²) in [5.41, 5.74) is 2.67. The monoisotopic (exact) mass is 292 g/mol. The number of rotatable bonds is 7. The number of hydrogen-bond donors (Lipinski definition) is 0. The van der Waals surface area contributed by atoms with E-state index in [4.69, 9.17) is 4.74 Å². The summed E-state index contributed by atoms with van der Waals surface area (Å²) in [6, 6.07) is 16.9. The van der Waals surface area contributed by atoms with Crippen molar-refractivity contribution >= 4 is 11.9 Å². The summed E-state index contributed by atoms with van der Waals surface area (Å²) in [4.78, 5) is 12.1. The molecule has 0 saturated heterocycles. The topological polar surface area (TPSA) is 26.3 Å². The minimum Gasteiger partial charge on any atom is -0.493 e. The number of ether oxygens (including phenoxy) is 1. The van der Waals surface area contributed by atoms with Crippen molar-refractivity contribution in [3.8, 4) is 5.75 Å². The molecule has 0 saturated carbocycles. The molecule has 0 heterocycles. The second-order valence-electron chi connectivity index (χ2n) is 5.16. The third-order valence-electron chi connectivity index (χ3n) is 3.18. The molecule has 0 atom stereocenters. The van der Waals surface area contributed by atoms with Crippen molar-refractivity contribution in [2.45, 2.75) is 13.3 Å². The number of para-hydroxylation sites is 1. The van der Waals surface area contributed by atoms with Gasteiger partial charge in [0, 0.05) is 17.5 Å². The van der Waals surface area contributed by atoms with Gasteiger partial charge in [-0.15, -0.1) is 6.58 Å². The number of carbonyl (C=O) groups excluding carboxylic acids is 1. The van der Waals surface area contributed by atoms with Gasteiger partial charge in [-0.25, -0.2) is 0 Å². The lowest BCUT2D eigenvalue weighted by Gasteiger charge is -2.08. The summed E-state index contributed by atoms with van der Waals surface area (Å²) in [5.74, 6) is 0.762. The molecule has 0 bridgehead atoms. The van der Waals surface area contributed by atoms with Gasteiger partial charge < -0.3 is 4.74 Å². The molecule has 0 aromatic heterocycles. The number of ketones is 1. The van der Waals surface area contributed by atoms with E-state index in [9.17, 15) is 4.79 Å². The van der Waals surface area contributed by atoms with Gasteiger partial charge in [-0.1, -0.05) is 54.1 Å². The molecule has 0 spiro atoms. The Labute approximate surface area is 131 Å². The van der Waals surface area contributed by atoms with Crippen LogP contribution in [0.4, 0.5) is 0 Å². The predicted octanol–water partition coefficient (Wildman–Crippen LogP) is 4.93. The number of hydrogen-bond acceptors (Lipinski definition) is 2. The maximum absolute atomic E-state index is 12.1. The van der Waals surface area contributed by atoms with Crippen LogP contribution in [0.3, 0.4) is 0 Å². The molecule has 112 valence electrons. The molecular formula is C20H20O2. The van der Waals surface area contributed by atoms with Gasteiger partial charge in [0.2, 0.25) is 0 Å². The Morgan fingerprint density at radius 2 is 1.77 bits per heavy atom. The van der Waals surface area contributed by atoms with Crippen LogP contribution in [0.25, 0.3) is 6.08 Å². The van der Waals surface area contributed by atoms with Gasteiger partial charge in [-0.3, -0.25) is 4.79 Å². The van der Waals surface area contributed by atoms with E-state index in [0.29, 0.717) is 12.2 Å². The van der Waals surface area contributed by atoms with Crippen molar-refractivity contribution in [2.75, 3.05) is 6.61 Å². The summed E-state index contributed by atoms with van der Waals surface area (Å²) in [6.45, 7) is 6.43. The van der Waals surface area contributed by atoms with Gasteiger partial charge in [0.25, 0.3) is 0 Å². The normalized spacial score (nSPS) is 10.6. The largest absolute Gasteiger partial charge is 0.493 e. The predicted molar refractivity (Wildman–Crippen MR) is 91.2 cm³/mol. The molecule has 2 aromatic carbocycles. The van der Waals surface area contributed by atoms with Gasteiger partial charge in [0.15, 0.2) is 5.78 Å². The smallest absolute Gasteiger partial charge is 0.185 e. The Morgan fingerprint density at radius 3 is 2.50 bits per heavy atom. The van der Waals surface area contributed by atoms with E-state index in [1.165, 1.54) is 0 Å². The molecule has 2 heteroatoms. The lowest BCUT2D eigenvalue weighted by Crippen LogP contribution is -1.99. The van der Waals surface area contributed by atoms with Crippen molar-refractivity contribution in [2.24, 2.45) is 0 Å². The molecule has 0 aliphatic rings. The second kappa shape index (κ2) is 7.99. The van der Waals surface area contributed by atoms with Crippen LogP contribution in [0, 0.1) is 0 Å². The van der Waals surface area contributed by atoms with Crippen LogP contribution in [0.5, 0.6) is 5.75 Å². The summed E-state index contributed by atoms with van der Waals surface area (Å²) >= 11 is 0. The third kappa shape index (κ3) is 4.74. The highest BCUT2D eigenvalue weighted by atomic mass is 16.5. The molecule has 0 amide bonds. The highest BCUT2D eigenvalue weighted by Gasteiger charge is 2.03. The first kappa shape index (κ1) is 15.8. The molecule has 0 radical (unpaired) electrons. The van der Waals surface area contributed by atoms with Crippen LogP contribution in [0.2, 0.25) is 0 Å². The van der Waals surface area contributed by atoms with Crippen LogP contribution in [-0.4, -0.2) is 12.4 Å². The van der Waals surface area contributed by atoms with Gasteiger partial charge >= 0.3 is 0 Å². The fraction of sp³-hybridized carbons (Fsp3) is 0.150. The molecule has 0 fully saturated rings. The average molecular weight is 292 g/mol. The first-order valence-corrected chi connectivity index (χ1v) is 7.30. The van der Waals surface area contributed by atoms with E-state index in [1.807, 2.05) is 61.5 Å². The minimum absolute atomic E-state index is 0.0164. The zero-order chi connectivity index (χ0) is 15.8. The molecule has 2 nitrogen and oxygen atoms in total. The van der Waals surface area contributed by atoms with Crippen LogP contribution in [-0.2, 0) is 0 Å². The van der Waals surface area contributed by atoms with Crippen molar-refractivity contribution in [3.05, 3.63) is 84.0 Å². The van der Waals surface area contributed by atoms with Crippen molar-refractivity contribution in [1.82, 2.24) is 0 Å². The minimum atomic E-state index is -0.0164. The second-order valence-corrected chi connectivity index (χ2v) is 5.16. The van der Waals surface area contributed by atoms with Gasteiger partial charge in [0.05, 0.1) is 6.61 Å². The lowest BCUT2D eigenvalue weighted by atomic mass is 10.1. The van der Waals surface area contributed by atoms with Gasteiger partial charge in [-0.2, -0.15) is 0 Å². The van der Waals surface area contributed by atoms with Crippen LogP contribution >= 0.6 is 0 Å². The van der Waals surface area contributed by atoms with E-state index < -0.39 is 0 Å². The fourth-order valence-corrected chi connectivity index (χ4v) is 1.95. The zero-order valence-electron chi connectivity index (χ0n) is 12.8. The van der Waals surface area contributed by atoms with Crippen molar-refractivity contribution in [3.63, 3.8) is 0 Å². The first-order chi connectivity index (χ1) is 10.7.